The van der Waals surface area contributed by atoms with E-state index in [2.05, 4.69) is 31.8 Å². The number of rotatable bonds is 3. The molecule has 2 unspecified atom stereocenters. The van der Waals surface area contributed by atoms with Crippen molar-refractivity contribution in [2.24, 2.45) is 5.73 Å². The van der Waals surface area contributed by atoms with E-state index in [-0.39, 0.29) is 0 Å². The SMILES string of the molecule is NCC(c1cc(Br)c(Cl)s1)N1CCN2CCCC2C1. The van der Waals surface area contributed by atoms with Gasteiger partial charge in [-0.1, -0.05) is 11.6 Å². The normalized spacial score (nSPS) is 26.6. The molecule has 2 fully saturated rings. The minimum Gasteiger partial charge on any atom is -0.329 e. The Morgan fingerprint density at radius 2 is 2.32 bits per heavy atom. The van der Waals surface area contributed by atoms with Gasteiger partial charge in [0.2, 0.25) is 0 Å². The van der Waals surface area contributed by atoms with Gasteiger partial charge in [0.1, 0.15) is 4.34 Å². The second-order valence-corrected chi connectivity index (χ2v) is 7.89. The molecule has 3 nitrogen and oxygen atoms in total. The number of halogens is 2. The summed E-state index contributed by atoms with van der Waals surface area (Å²) >= 11 is 11.3. The fourth-order valence-electron chi connectivity index (χ4n) is 3.27. The lowest BCUT2D eigenvalue weighted by molar-refractivity contribution is 0.0748. The van der Waals surface area contributed by atoms with Gasteiger partial charge in [-0.15, -0.1) is 11.3 Å². The molecule has 2 N–H and O–H groups in total. The summed E-state index contributed by atoms with van der Waals surface area (Å²) in [7, 11) is 0. The molecule has 2 aliphatic rings. The molecule has 2 aliphatic heterocycles. The Hall–Kier alpha value is 0.350. The molecular formula is C13H19BrClN3S. The largest absolute Gasteiger partial charge is 0.329 e. The summed E-state index contributed by atoms with van der Waals surface area (Å²) < 4.78 is 1.82. The molecule has 1 aromatic heterocycles. The van der Waals surface area contributed by atoms with Crippen molar-refractivity contribution in [1.29, 1.82) is 0 Å². The molecular weight excluding hydrogens is 346 g/mol. The quantitative estimate of drug-likeness (QED) is 0.895. The number of nitrogens with zero attached hydrogens (tertiary/aromatic N) is 2. The highest BCUT2D eigenvalue weighted by Crippen LogP contribution is 2.37. The number of hydrogen-bond acceptors (Lipinski definition) is 4. The highest BCUT2D eigenvalue weighted by atomic mass is 79.9. The van der Waals surface area contributed by atoms with E-state index in [9.17, 15) is 0 Å². The van der Waals surface area contributed by atoms with Crippen LogP contribution < -0.4 is 5.73 Å². The van der Waals surface area contributed by atoms with Gasteiger partial charge >= 0.3 is 0 Å². The van der Waals surface area contributed by atoms with E-state index >= 15 is 0 Å². The molecule has 3 rings (SSSR count). The van der Waals surface area contributed by atoms with Crippen LogP contribution in [0.1, 0.15) is 23.8 Å². The lowest BCUT2D eigenvalue weighted by Gasteiger charge is -2.41. The van der Waals surface area contributed by atoms with E-state index in [1.54, 1.807) is 11.3 Å². The topological polar surface area (TPSA) is 32.5 Å². The van der Waals surface area contributed by atoms with Crippen molar-refractivity contribution in [1.82, 2.24) is 9.80 Å². The zero-order valence-corrected chi connectivity index (χ0v) is 14.0. The third-order valence-electron chi connectivity index (χ3n) is 4.28. The van der Waals surface area contributed by atoms with Crippen LogP contribution >= 0.6 is 38.9 Å². The molecule has 2 saturated heterocycles. The predicted molar refractivity (Wildman–Crippen MR) is 85.0 cm³/mol. The average molecular weight is 365 g/mol. The van der Waals surface area contributed by atoms with Crippen LogP contribution in [0, 0.1) is 0 Å². The van der Waals surface area contributed by atoms with E-state index in [4.69, 9.17) is 17.3 Å². The summed E-state index contributed by atoms with van der Waals surface area (Å²) in [5.41, 5.74) is 6.03. The molecule has 1 aromatic rings. The summed E-state index contributed by atoms with van der Waals surface area (Å²) in [4.78, 5) is 6.45. The minimum atomic E-state index is 0.316. The molecule has 0 radical (unpaired) electrons. The number of fused-ring (bicyclic) bond motifs is 1. The lowest BCUT2D eigenvalue weighted by atomic mass is 10.1. The first kappa shape index (κ1) is 14.3. The van der Waals surface area contributed by atoms with Crippen LogP contribution in [0.4, 0.5) is 0 Å². The zero-order chi connectivity index (χ0) is 13.4. The number of hydrogen-bond donors (Lipinski definition) is 1. The number of piperazine rings is 1. The summed E-state index contributed by atoms with van der Waals surface area (Å²) in [5, 5.41) is 0. The maximum atomic E-state index is 6.16. The van der Waals surface area contributed by atoms with Crippen LogP contribution in [-0.4, -0.2) is 48.6 Å². The molecule has 106 valence electrons. The van der Waals surface area contributed by atoms with Gasteiger partial charge in [0.15, 0.2) is 0 Å². The average Bonchev–Trinajstić information content (AvgIpc) is 2.98. The van der Waals surface area contributed by atoms with Crippen molar-refractivity contribution < 1.29 is 0 Å². The fraction of sp³-hybridized carbons (Fsp3) is 0.692. The molecule has 6 heteroatoms. The standard InChI is InChI=1S/C13H19BrClN3S/c14-10-6-12(19-13(10)15)11(7-16)18-5-4-17-3-1-2-9(17)8-18/h6,9,11H,1-5,7-8,16H2. The first-order chi connectivity index (χ1) is 9.19. The monoisotopic (exact) mass is 363 g/mol. The molecule has 0 saturated carbocycles. The van der Waals surface area contributed by atoms with Gasteiger partial charge in [-0.25, -0.2) is 0 Å². The third kappa shape index (κ3) is 2.87. The highest BCUT2D eigenvalue weighted by molar-refractivity contribution is 9.10. The highest BCUT2D eigenvalue weighted by Gasteiger charge is 2.34. The van der Waals surface area contributed by atoms with Crippen LogP contribution in [-0.2, 0) is 0 Å². The van der Waals surface area contributed by atoms with Crippen molar-refractivity contribution in [2.45, 2.75) is 24.9 Å². The van der Waals surface area contributed by atoms with Gasteiger partial charge in [-0.3, -0.25) is 9.80 Å². The minimum absolute atomic E-state index is 0.316. The van der Waals surface area contributed by atoms with Crippen molar-refractivity contribution in [2.75, 3.05) is 32.7 Å². The molecule has 3 heterocycles. The van der Waals surface area contributed by atoms with Crippen LogP contribution in [0.25, 0.3) is 0 Å². The van der Waals surface area contributed by atoms with Gasteiger partial charge in [0.05, 0.1) is 6.04 Å². The Labute approximate surface area is 131 Å². The number of thiophene rings is 1. The van der Waals surface area contributed by atoms with Crippen LogP contribution in [0.3, 0.4) is 0 Å². The summed E-state index contributed by atoms with van der Waals surface area (Å²) in [6.07, 6.45) is 2.69. The van der Waals surface area contributed by atoms with Gasteiger partial charge in [0, 0.05) is 41.6 Å². The summed E-state index contributed by atoms with van der Waals surface area (Å²) in [6.45, 7) is 5.39. The van der Waals surface area contributed by atoms with Gasteiger partial charge in [0.25, 0.3) is 0 Å². The van der Waals surface area contributed by atoms with Crippen molar-refractivity contribution in [3.05, 3.63) is 19.8 Å². The lowest BCUT2D eigenvalue weighted by Crippen LogP contribution is -2.52. The van der Waals surface area contributed by atoms with Crippen molar-refractivity contribution in [3.63, 3.8) is 0 Å². The van der Waals surface area contributed by atoms with Crippen molar-refractivity contribution >= 4 is 38.9 Å². The smallest absolute Gasteiger partial charge is 0.107 e. The van der Waals surface area contributed by atoms with E-state index in [1.165, 1.54) is 30.8 Å². The first-order valence-electron chi connectivity index (χ1n) is 6.82. The molecule has 0 bridgehead atoms. The van der Waals surface area contributed by atoms with Crippen molar-refractivity contribution in [3.8, 4) is 0 Å². The third-order valence-corrected chi connectivity index (χ3v) is 6.85. The predicted octanol–water partition coefficient (Wildman–Crippen LogP) is 2.94. The Kier molecular flexibility index (Phi) is 4.51. The molecule has 0 amide bonds. The Bertz CT molecular complexity index is 434. The molecule has 0 spiro atoms. The van der Waals surface area contributed by atoms with Crippen LogP contribution in [0.5, 0.6) is 0 Å². The van der Waals surface area contributed by atoms with E-state index in [1.807, 2.05) is 0 Å². The van der Waals surface area contributed by atoms with E-state index in [0.717, 1.165) is 27.9 Å². The summed E-state index contributed by atoms with van der Waals surface area (Å²) in [6, 6.07) is 3.18. The maximum absolute atomic E-state index is 6.16. The van der Waals surface area contributed by atoms with Gasteiger partial charge in [-0.2, -0.15) is 0 Å². The maximum Gasteiger partial charge on any atom is 0.107 e. The molecule has 2 atom stereocenters. The molecule has 0 aliphatic carbocycles. The number of nitrogens with two attached hydrogens (primary N) is 1. The summed E-state index contributed by atoms with van der Waals surface area (Å²) in [5.74, 6) is 0. The first-order valence-corrected chi connectivity index (χ1v) is 8.80. The fourth-order valence-corrected chi connectivity index (χ4v) is 5.16. The van der Waals surface area contributed by atoms with Gasteiger partial charge < -0.3 is 5.73 Å². The Balaban J connectivity index is 1.75. The Morgan fingerprint density at radius 1 is 1.47 bits per heavy atom. The zero-order valence-electron chi connectivity index (χ0n) is 10.8. The second-order valence-electron chi connectivity index (χ2n) is 5.35. The second kappa shape index (κ2) is 6.00. The molecule has 19 heavy (non-hydrogen) atoms. The van der Waals surface area contributed by atoms with E-state index in [0.29, 0.717) is 12.6 Å². The van der Waals surface area contributed by atoms with Gasteiger partial charge in [-0.05, 0) is 41.4 Å². The Morgan fingerprint density at radius 3 is 3.00 bits per heavy atom. The van der Waals surface area contributed by atoms with Crippen LogP contribution in [0.2, 0.25) is 4.34 Å². The molecule has 0 aromatic carbocycles. The van der Waals surface area contributed by atoms with Crippen LogP contribution in [0.15, 0.2) is 10.5 Å². The van der Waals surface area contributed by atoms with E-state index < -0.39 is 0 Å².